The number of nitrogens with zero attached hydrogens (tertiary/aromatic N) is 2. The number of nitrogens with one attached hydrogen (secondary N) is 1. The molecule has 1 amide bonds. The first-order valence-corrected chi connectivity index (χ1v) is 8.97. The van der Waals surface area contributed by atoms with Gasteiger partial charge in [-0.25, -0.2) is 4.79 Å². The number of nitro groups is 1. The second kappa shape index (κ2) is 8.99. The van der Waals surface area contributed by atoms with Gasteiger partial charge in [0, 0.05) is 35.7 Å². The van der Waals surface area contributed by atoms with E-state index in [1.54, 1.807) is 6.07 Å². The number of nitro benzene ring substituents is 1. The first-order valence-electron chi connectivity index (χ1n) is 8.97. The van der Waals surface area contributed by atoms with Crippen LogP contribution in [-0.2, 0) is 16.0 Å². The average Bonchev–Trinajstić information content (AvgIpc) is 2.77. The minimum atomic E-state index is -1.08. The summed E-state index contributed by atoms with van der Waals surface area (Å²) >= 11 is 0. The highest BCUT2D eigenvalue weighted by Crippen LogP contribution is 2.25. The first kappa shape index (κ1) is 20.7. The maximum absolute atomic E-state index is 12.7. The van der Waals surface area contributed by atoms with E-state index in [0.717, 1.165) is 10.9 Å². The van der Waals surface area contributed by atoms with E-state index in [1.807, 2.05) is 24.3 Å². The van der Waals surface area contributed by atoms with Gasteiger partial charge in [-0.1, -0.05) is 18.2 Å². The van der Waals surface area contributed by atoms with Crippen LogP contribution in [0.2, 0.25) is 0 Å². The van der Waals surface area contributed by atoms with Crippen LogP contribution in [0.25, 0.3) is 10.9 Å². The molecule has 1 aromatic heterocycles. The Morgan fingerprint density at radius 3 is 2.63 bits per heavy atom. The summed E-state index contributed by atoms with van der Waals surface area (Å²) in [6.07, 6.45) is 1.37. The molecule has 0 aliphatic carbocycles. The molecule has 154 valence electrons. The number of hydrogen-bond acceptors (Lipinski definition) is 7. The fourth-order valence-corrected chi connectivity index (χ4v) is 3.03. The van der Waals surface area contributed by atoms with Gasteiger partial charge in [0.1, 0.15) is 11.8 Å². The number of benzene rings is 2. The number of carbonyl (C=O) groups is 2. The van der Waals surface area contributed by atoms with Crippen LogP contribution in [-0.4, -0.2) is 42.0 Å². The molecule has 1 heterocycles. The first-order chi connectivity index (χ1) is 14.4. The molecule has 0 saturated heterocycles. The van der Waals surface area contributed by atoms with Crippen LogP contribution in [0.4, 0.5) is 5.69 Å². The monoisotopic (exact) mass is 409 g/mol. The maximum Gasteiger partial charge on any atom is 0.328 e. The highest BCUT2D eigenvalue weighted by atomic mass is 16.6. The Kier molecular flexibility index (Phi) is 6.21. The van der Waals surface area contributed by atoms with Crippen molar-refractivity contribution in [3.63, 3.8) is 0 Å². The summed E-state index contributed by atoms with van der Waals surface area (Å²) in [6, 6.07) is 12.0. The number of esters is 1. The smallest absolute Gasteiger partial charge is 0.328 e. The average molecular weight is 409 g/mol. The zero-order valence-corrected chi connectivity index (χ0v) is 16.3. The topological polar surface area (TPSA) is 121 Å². The molecule has 0 saturated carbocycles. The van der Waals surface area contributed by atoms with E-state index in [1.165, 1.54) is 38.6 Å². The van der Waals surface area contributed by atoms with Gasteiger partial charge in [0.25, 0.3) is 11.6 Å². The molecule has 1 N–H and O–H groups in total. The van der Waals surface area contributed by atoms with Crippen molar-refractivity contribution in [1.29, 1.82) is 0 Å². The number of hydrogen-bond donors (Lipinski definition) is 1. The van der Waals surface area contributed by atoms with E-state index in [0.29, 0.717) is 11.3 Å². The predicted octanol–water partition coefficient (Wildman–Crippen LogP) is 2.67. The fourth-order valence-electron chi connectivity index (χ4n) is 3.03. The molecule has 1 atom stereocenters. The molecule has 0 spiro atoms. The molecule has 9 nitrogen and oxygen atoms in total. The summed E-state index contributed by atoms with van der Waals surface area (Å²) in [5, 5.41) is 14.5. The summed E-state index contributed by atoms with van der Waals surface area (Å²) in [5.74, 6) is -0.852. The van der Waals surface area contributed by atoms with Crippen LogP contribution < -0.4 is 10.1 Å². The molecule has 0 aliphatic heterocycles. The highest BCUT2D eigenvalue weighted by molar-refractivity contribution is 5.99. The summed E-state index contributed by atoms with van der Waals surface area (Å²) in [7, 11) is 2.61. The van der Waals surface area contributed by atoms with E-state index in [4.69, 9.17) is 9.47 Å². The van der Waals surface area contributed by atoms with E-state index < -0.39 is 22.8 Å². The molecular weight excluding hydrogens is 390 g/mol. The number of carbonyl (C=O) groups excluding carboxylic acids is 2. The minimum Gasteiger partial charge on any atom is -0.496 e. The molecule has 0 radical (unpaired) electrons. The number of ether oxygens (including phenoxy) is 2. The molecule has 3 aromatic rings. The summed E-state index contributed by atoms with van der Waals surface area (Å²) in [4.78, 5) is 39.8. The summed E-state index contributed by atoms with van der Waals surface area (Å²) < 4.78 is 10.0. The normalized spacial score (nSPS) is 11.5. The van der Waals surface area contributed by atoms with Crippen molar-refractivity contribution in [2.45, 2.75) is 12.5 Å². The molecule has 30 heavy (non-hydrogen) atoms. The lowest BCUT2D eigenvalue weighted by molar-refractivity contribution is -0.384. The van der Waals surface area contributed by atoms with E-state index >= 15 is 0 Å². The van der Waals surface area contributed by atoms with Crippen molar-refractivity contribution in [2.24, 2.45) is 0 Å². The Balaban J connectivity index is 1.87. The lowest BCUT2D eigenvalue weighted by Gasteiger charge is -2.18. The molecule has 3 rings (SSSR count). The van der Waals surface area contributed by atoms with Gasteiger partial charge in [-0.3, -0.25) is 19.9 Å². The molecule has 2 aromatic carbocycles. The van der Waals surface area contributed by atoms with Crippen LogP contribution in [0.15, 0.2) is 54.7 Å². The highest BCUT2D eigenvalue weighted by Gasteiger charge is 2.25. The van der Waals surface area contributed by atoms with Gasteiger partial charge in [-0.05, 0) is 18.2 Å². The Bertz CT molecular complexity index is 1110. The third-order valence-electron chi connectivity index (χ3n) is 4.54. The van der Waals surface area contributed by atoms with Crippen LogP contribution >= 0.6 is 0 Å². The zero-order chi connectivity index (χ0) is 21.7. The van der Waals surface area contributed by atoms with Gasteiger partial charge in [-0.2, -0.15) is 0 Å². The third-order valence-corrected chi connectivity index (χ3v) is 4.54. The number of rotatable bonds is 7. The number of non-ortho nitro benzene ring substituents is 1. The quantitative estimate of drug-likeness (QED) is 0.362. The lowest BCUT2D eigenvalue weighted by Crippen LogP contribution is -2.43. The molecule has 0 fully saturated rings. The summed E-state index contributed by atoms with van der Waals surface area (Å²) in [6.45, 7) is 0. The Labute approximate surface area is 171 Å². The lowest BCUT2D eigenvalue weighted by atomic mass is 10.0. The van der Waals surface area contributed by atoms with Crippen LogP contribution in [0.1, 0.15) is 15.9 Å². The molecular formula is C21H19N3O6. The van der Waals surface area contributed by atoms with E-state index in [-0.39, 0.29) is 17.7 Å². The Hall–Kier alpha value is -4.01. The van der Waals surface area contributed by atoms with Gasteiger partial charge in [0.2, 0.25) is 0 Å². The van der Waals surface area contributed by atoms with Gasteiger partial charge in [0.05, 0.1) is 30.2 Å². The van der Waals surface area contributed by atoms with Crippen LogP contribution in [0.3, 0.4) is 0 Å². The molecule has 0 bridgehead atoms. The molecule has 0 unspecified atom stereocenters. The second-order valence-corrected chi connectivity index (χ2v) is 6.42. The number of para-hydroxylation sites is 1. The van der Waals surface area contributed by atoms with Crippen LogP contribution in [0, 0.1) is 10.1 Å². The Morgan fingerprint density at radius 1 is 1.17 bits per heavy atom. The van der Waals surface area contributed by atoms with E-state index in [9.17, 15) is 19.7 Å². The van der Waals surface area contributed by atoms with Crippen molar-refractivity contribution < 1.29 is 24.0 Å². The van der Waals surface area contributed by atoms with Gasteiger partial charge in [0.15, 0.2) is 0 Å². The van der Waals surface area contributed by atoms with E-state index in [2.05, 4.69) is 10.3 Å². The minimum absolute atomic E-state index is 0.0513. The number of amides is 1. The largest absolute Gasteiger partial charge is 0.496 e. The maximum atomic E-state index is 12.7. The fraction of sp³-hybridized carbons (Fsp3) is 0.190. The Morgan fingerprint density at radius 2 is 1.93 bits per heavy atom. The number of pyridine rings is 1. The number of aromatic nitrogens is 1. The summed E-state index contributed by atoms with van der Waals surface area (Å²) in [5.41, 5.74) is 1.24. The van der Waals surface area contributed by atoms with Crippen molar-refractivity contribution >= 4 is 28.5 Å². The predicted molar refractivity (Wildman–Crippen MR) is 108 cm³/mol. The standard InChI is InChI=1S/C21H19N3O6/c1-29-19-8-7-16(24(27)28)10-14(19)11-18(21(26)30-2)23-20(25)15-9-13-5-3-4-6-17(13)22-12-15/h3-10,12,18H,11H2,1-2H3,(H,23,25)/t18-/m1/s1. The second-order valence-electron chi connectivity index (χ2n) is 6.42. The third kappa shape index (κ3) is 4.52. The number of methoxy groups -OCH3 is 2. The molecule has 0 aliphatic rings. The van der Waals surface area contributed by atoms with Gasteiger partial charge >= 0.3 is 5.97 Å². The van der Waals surface area contributed by atoms with Gasteiger partial charge in [-0.15, -0.1) is 0 Å². The van der Waals surface area contributed by atoms with Crippen molar-refractivity contribution in [3.8, 4) is 5.75 Å². The van der Waals surface area contributed by atoms with Crippen molar-refractivity contribution in [1.82, 2.24) is 10.3 Å². The zero-order valence-electron chi connectivity index (χ0n) is 16.3. The van der Waals surface area contributed by atoms with Crippen molar-refractivity contribution in [3.05, 3.63) is 76.0 Å². The number of fused-ring (bicyclic) bond motifs is 1. The molecule has 9 heteroatoms. The van der Waals surface area contributed by atoms with Crippen LogP contribution in [0.5, 0.6) is 5.75 Å². The van der Waals surface area contributed by atoms with Crippen molar-refractivity contribution in [2.75, 3.05) is 14.2 Å². The van der Waals surface area contributed by atoms with Gasteiger partial charge < -0.3 is 14.8 Å². The SMILES string of the molecule is COC(=O)[C@@H](Cc1cc([N+](=O)[O-])ccc1OC)NC(=O)c1cnc2ccccc2c1.